The summed E-state index contributed by atoms with van der Waals surface area (Å²) in [5.41, 5.74) is 1.04. The van der Waals surface area contributed by atoms with E-state index < -0.39 is 8.07 Å². The van der Waals surface area contributed by atoms with Crippen LogP contribution in [0.3, 0.4) is 0 Å². The highest BCUT2D eigenvalue weighted by Crippen LogP contribution is 2.28. The van der Waals surface area contributed by atoms with E-state index in [-0.39, 0.29) is 6.04 Å². The summed E-state index contributed by atoms with van der Waals surface area (Å²) in [5, 5.41) is 5.56. The summed E-state index contributed by atoms with van der Waals surface area (Å²) in [4.78, 5) is 11.1. The third-order valence-corrected chi connectivity index (χ3v) is 8.31. The molecule has 1 aromatic heterocycles. The van der Waals surface area contributed by atoms with Gasteiger partial charge in [-0.3, -0.25) is 4.99 Å². The van der Waals surface area contributed by atoms with Gasteiger partial charge < -0.3 is 24.3 Å². The lowest BCUT2D eigenvalue weighted by molar-refractivity contribution is 0.0833. The zero-order chi connectivity index (χ0) is 22.2. The molecular weight excluding hydrogens is 498 g/mol. The van der Waals surface area contributed by atoms with E-state index in [2.05, 4.69) is 67.3 Å². The Morgan fingerprint density at radius 2 is 2.19 bits per heavy atom. The molecule has 0 amide bonds. The molecule has 0 spiro atoms. The van der Waals surface area contributed by atoms with Crippen molar-refractivity contribution in [3.63, 3.8) is 0 Å². The first kappa shape index (κ1) is 22.4. The number of hydrogen-bond donors (Lipinski definition) is 1. The molecule has 1 aromatic carbocycles. The number of ether oxygens (including phenoxy) is 2. The second-order valence-corrected chi connectivity index (χ2v) is 15.7. The summed E-state index contributed by atoms with van der Waals surface area (Å²) in [5.74, 6) is 1.61. The summed E-state index contributed by atoms with van der Waals surface area (Å²) in [7, 11) is -1.12. The van der Waals surface area contributed by atoms with Crippen molar-refractivity contribution in [3.8, 4) is 5.75 Å². The molecule has 0 saturated carbocycles. The number of rotatable bonds is 7. The number of aromatic nitrogens is 2. The maximum atomic E-state index is 6.53. The van der Waals surface area contributed by atoms with Gasteiger partial charge in [0, 0.05) is 25.4 Å². The first-order chi connectivity index (χ1) is 14.8. The van der Waals surface area contributed by atoms with Crippen LogP contribution in [0, 0.1) is 0 Å². The molecule has 0 fully saturated rings. The zero-order valence-corrected chi connectivity index (χ0v) is 21.5. The first-order valence-electron chi connectivity index (χ1n) is 10.3. The highest BCUT2D eigenvalue weighted by atomic mass is 79.9. The van der Waals surface area contributed by atoms with Gasteiger partial charge in [0.1, 0.15) is 31.2 Å². The lowest BCUT2D eigenvalue weighted by atomic mass is 10.2. The van der Waals surface area contributed by atoms with Crippen LogP contribution < -0.4 is 20.6 Å². The maximum absolute atomic E-state index is 6.53. The standard InChI is InChI=1S/C21H27BrClN5O2Si/c1-14(16-10-24-12-27(16)13-29-7-8-31(2,3)4)28-5-6-30-17-9-15(22)19(23)20-18(17)21(28)26-11-25-20/h5-6,9-10,12,14,26H,7-8,11,13H2,1-4H3. The van der Waals surface area contributed by atoms with Crippen molar-refractivity contribution < 1.29 is 9.47 Å². The van der Waals surface area contributed by atoms with Crippen LogP contribution in [0.5, 0.6) is 5.75 Å². The molecule has 1 unspecified atom stereocenters. The number of nitrogens with zero attached hydrogens (tertiary/aromatic N) is 4. The Morgan fingerprint density at radius 3 is 2.97 bits per heavy atom. The van der Waals surface area contributed by atoms with Gasteiger partial charge in [0.2, 0.25) is 0 Å². The van der Waals surface area contributed by atoms with Crippen molar-refractivity contribution in [1.82, 2.24) is 19.8 Å². The van der Waals surface area contributed by atoms with Gasteiger partial charge in [-0.05, 0) is 35.0 Å². The Balaban J connectivity index is 1.64. The van der Waals surface area contributed by atoms with Crippen molar-refractivity contribution in [1.29, 1.82) is 0 Å². The Bertz CT molecular complexity index is 1130. The normalized spacial score (nSPS) is 16.2. The van der Waals surface area contributed by atoms with Crippen molar-refractivity contribution in [2.75, 3.05) is 13.3 Å². The molecule has 2 aliphatic heterocycles. The van der Waals surface area contributed by atoms with E-state index in [4.69, 9.17) is 21.1 Å². The van der Waals surface area contributed by atoms with Crippen LogP contribution in [0.1, 0.15) is 18.7 Å². The predicted molar refractivity (Wildman–Crippen MR) is 128 cm³/mol. The molecule has 3 heterocycles. The van der Waals surface area contributed by atoms with E-state index in [9.17, 15) is 0 Å². The average molecular weight is 525 g/mol. The topological polar surface area (TPSA) is 63.9 Å². The molecule has 31 heavy (non-hydrogen) atoms. The molecular formula is C21H27BrClN5O2Si. The highest BCUT2D eigenvalue weighted by molar-refractivity contribution is 9.10. The molecule has 2 aromatic rings. The second-order valence-electron chi connectivity index (χ2n) is 8.86. The number of nitrogens with one attached hydrogen (secondary N) is 1. The Kier molecular flexibility index (Phi) is 6.48. The molecule has 166 valence electrons. The van der Waals surface area contributed by atoms with Crippen LogP contribution in [0.2, 0.25) is 30.7 Å². The molecule has 0 radical (unpaired) electrons. The molecule has 4 rings (SSSR count). The van der Waals surface area contributed by atoms with Gasteiger partial charge in [-0.15, -0.1) is 0 Å². The summed E-state index contributed by atoms with van der Waals surface area (Å²) in [6.45, 7) is 10.9. The van der Waals surface area contributed by atoms with E-state index >= 15 is 0 Å². The van der Waals surface area contributed by atoms with Gasteiger partial charge in [-0.2, -0.15) is 0 Å². The van der Waals surface area contributed by atoms with E-state index in [1.165, 1.54) is 0 Å². The summed E-state index contributed by atoms with van der Waals surface area (Å²) in [6.07, 6.45) is 7.31. The summed E-state index contributed by atoms with van der Waals surface area (Å²) < 4.78 is 14.7. The third kappa shape index (κ3) is 4.69. The molecule has 0 saturated heterocycles. The van der Waals surface area contributed by atoms with Gasteiger partial charge in [-0.1, -0.05) is 31.2 Å². The van der Waals surface area contributed by atoms with E-state index in [1.807, 2.05) is 24.8 Å². The van der Waals surface area contributed by atoms with Crippen LogP contribution in [0.4, 0.5) is 0 Å². The fourth-order valence-electron chi connectivity index (χ4n) is 3.60. The van der Waals surface area contributed by atoms with Crippen LogP contribution in [0.15, 0.2) is 40.5 Å². The zero-order valence-electron chi connectivity index (χ0n) is 18.2. The van der Waals surface area contributed by atoms with Gasteiger partial charge in [0.15, 0.2) is 0 Å². The SMILES string of the molecule is CC(c1cncn1COCC[Si](C)(C)C)N1C=COc2cc(Br)c(Cl)c3c2=C1NCN=3. The lowest BCUT2D eigenvalue weighted by Crippen LogP contribution is -2.44. The maximum Gasteiger partial charge on any atom is 0.140 e. The quantitative estimate of drug-likeness (QED) is 0.441. The van der Waals surface area contributed by atoms with Crippen LogP contribution in [-0.4, -0.2) is 35.8 Å². The lowest BCUT2D eigenvalue weighted by Gasteiger charge is -2.31. The fourth-order valence-corrected chi connectivity index (χ4v) is 4.96. The third-order valence-electron chi connectivity index (χ3n) is 5.37. The van der Waals surface area contributed by atoms with Crippen LogP contribution in [0.25, 0.3) is 5.82 Å². The smallest absolute Gasteiger partial charge is 0.140 e. The molecule has 7 nitrogen and oxygen atoms in total. The van der Waals surface area contributed by atoms with Gasteiger partial charge in [0.25, 0.3) is 0 Å². The van der Waals surface area contributed by atoms with Crippen molar-refractivity contribution in [3.05, 3.63) is 56.8 Å². The van der Waals surface area contributed by atoms with Crippen molar-refractivity contribution >= 4 is 41.4 Å². The average Bonchev–Trinajstić information content (AvgIpc) is 3.11. The fraction of sp³-hybridized carbons (Fsp3) is 0.429. The Hall–Kier alpha value is -1.81. The molecule has 0 aliphatic carbocycles. The van der Waals surface area contributed by atoms with Crippen LogP contribution >= 0.6 is 27.5 Å². The number of halogens is 2. The van der Waals surface area contributed by atoms with Crippen molar-refractivity contribution in [2.45, 2.75) is 45.4 Å². The van der Waals surface area contributed by atoms with Gasteiger partial charge in [0.05, 0.1) is 39.9 Å². The monoisotopic (exact) mass is 523 g/mol. The molecule has 10 heteroatoms. The first-order valence-corrected chi connectivity index (χ1v) is 15.1. The molecule has 1 N–H and O–H groups in total. The number of benzene rings is 1. The van der Waals surface area contributed by atoms with E-state index in [0.717, 1.165) is 39.2 Å². The molecule has 2 aliphatic rings. The minimum Gasteiger partial charge on any atom is -0.463 e. The summed E-state index contributed by atoms with van der Waals surface area (Å²) in [6, 6.07) is 2.99. The molecule has 1 atom stereocenters. The van der Waals surface area contributed by atoms with E-state index in [1.54, 1.807) is 6.26 Å². The largest absolute Gasteiger partial charge is 0.463 e. The highest BCUT2D eigenvalue weighted by Gasteiger charge is 2.26. The predicted octanol–water partition coefficient (Wildman–Crippen LogP) is 3.78. The molecule has 0 bridgehead atoms. The van der Waals surface area contributed by atoms with Gasteiger partial charge in [-0.25, -0.2) is 4.98 Å². The Morgan fingerprint density at radius 1 is 1.39 bits per heavy atom. The van der Waals surface area contributed by atoms with Gasteiger partial charge >= 0.3 is 0 Å². The second kappa shape index (κ2) is 8.97. The Labute approximate surface area is 196 Å². The minimum atomic E-state index is -1.12. The minimum absolute atomic E-state index is 0.0234. The van der Waals surface area contributed by atoms with Crippen molar-refractivity contribution in [2.24, 2.45) is 4.99 Å². The number of imidazole rings is 1. The number of hydrogen-bond acceptors (Lipinski definition) is 6. The van der Waals surface area contributed by atoms with E-state index in [0.29, 0.717) is 24.2 Å². The van der Waals surface area contributed by atoms with Crippen LogP contribution in [-0.2, 0) is 11.5 Å². The summed E-state index contributed by atoms with van der Waals surface area (Å²) >= 11 is 10.0.